The van der Waals surface area contributed by atoms with E-state index >= 15 is 4.39 Å². The van der Waals surface area contributed by atoms with Crippen LogP contribution in [0.3, 0.4) is 0 Å². The number of nitrogens with one attached hydrogen (secondary N) is 1. The summed E-state index contributed by atoms with van der Waals surface area (Å²) in [5.41, 5.74) is 1.36. The summed E-state index contributed by atoms with van der Waals surface area (Å²) >= 11 is 0. The van der Waals surface area contributed by atoms with Gasteiger partial charge in [0, 0.05) is 13.0 Å². The lowest BCUT2D eigenvalue weighted by molar-refractivity contribution is -0.113. The first-order valence-corrected chi connectivity index (χ1v) is 10.7. The first-order valence-electron chi connectivity index (χ1n) is 10.7. The smallest absolute Gasteiger partial charge is 0.301 e. The highest BCUT2D eigenvalue weighted by molar-refractivity contribution is 5.69. The van der Waals surface area contributed by atoms with Crippen LogP contribution in [0.25, 0.3) is 16.8 Å². The zero-order chi connectivity index (χ0) is 22.3. The van der Waals surface area contributed by atoms with Crippen molar-refractivity contribution in [1.82, 2.24) is 19.7 Å². The lowest BCUT2D eigenvalue weighted by Crippen LogP contribution is -2.36. The average molecular weight is 431 g/mol. The molecule has 5 rings (SSSR count). The fourth-order valence-corrected chi connectivity index (χ4v) is 4.62. The number of aromatic amines is 1. The molecule has 1 atom stereocenters. The van der Waals surface area contributed by atoms with Crippen LogP contribution in [-0.2, 0) is 11.2 Å². The minimum absolute atomic E-state index is 0.151. The van der Waals surface area contributed by atoms with Crippen LogP contribution in [0.5, 0.6) is 0 Å². The van der Waals surface area contributed by atoms with Crippen LogP contribution in [0.2, 0.25) is 0 Å². The van der Waals surface area contributed by atoms with Gasteiger partial charge in [0.05, 0.1) is 22.9 Å². The maximum atomic E-state index is 15.1. The standard InChI is InChI=1S/C24H22FN5O2/c25-20-12-19(18-3-1-16(13-26)2-4-18)5-6-21(20)30-22(27-28-23(30)32)11-17-7-10-29(14-17)24(15-31)8-9-24/h1-6,12,15,17H,7-11,14H2,(H,28,32)/t17-/m0/s1. The van der Waals surface area contributed by atoms with E-state index in [2.05, 4.69) is 21.2 Å². The maximum absolute atomic E-state index is 15.1. The number of nitriles is 1. The molecule has 32 heavy (non-hydrogen) atoms. The van der Waals surface area contributed by atoms with Crippen LogP contribution >= 0.6 is 0 Å². The number of likely N-dealkylation sites (tertiary alicyclic amines) is 1. The van der Waals surface area contributed by atoms with E-state index in [-0.39, 0.29) is 17.1 Å². The lowest BCUT2D eigenvalue weighted by atomic mass is 10.0. The van der Waals surface area contributed by atoms with E-state index in [1.54, 1.807) is 36.4 Å². The van der Waals surface area contributed by atoms with Crippen LogP contribution in [0.4, 0.5) is 4.39 Å². The number of nitrogens with zero attached hydrogens (tertiary/aromatic N) is 4. The molecule has 2 heterocycles. The van der Waals surface area contributed by atoms with Crippen molar-refractivity contribution in [2.75, 3.05) is 13.1 Å². The SMILES string of the molecule is N#Cc1ccc(-c2ccc(-n3c(C[C@@H]4CCN(C5(C=O)CC5)C4)n[nH]c3=O)c(F)c2)cc1. The summed E-state index contributed by atoms with van der Waals surface area (Å²) < 4.78 is 16.4. The zero-order valence-corrected chi connectivity index (χ0v) is 17.4. The predicted octanol–water partition coefficient (Wildman–Crippen LogP) is 2.83. The minimum Gasteiger partial charge on any atom is -0.301 e. The molecule has 1 aromatic heterocycles. The number of H-pyrrole nitrogens is 1. The highest BCUT2D eigenvalue weighted by atomic mass is 19.1. The van der Waals surface area contributed by atoms with Gasteiger partial charge >= 0.3 is 5.69 Å². The summed E-state index contributed by atoms with van der Waals surface area (Å²) in [4.78, 5) is 26.1. The summed E-state index contributed by atoms with van der Waals surface area (Å²) in [6.45, 7) is 1.63. The van der Waals surface area contributed by atoms with E-state index in [0.717, 1.165) is 44.2 Å². The molecule has 0 radical (unpaired) electrons. The predicted molar refractivity (Wildman–Crippen MR) is 116 cm³/mol. The molecule has 0 unspecified atom stereocenters. The quantitative estimate of drug-likeness (QED) is 0.606. The summed E-state index contributed by atoms with van der Waals surface area (Å²) in [5.74, 6) is 0.215. The average Bonchev–Trinajstić information content (AvgIpc) is 3.34. The lowest BCUT2D eigenvalue weighted by Gasteiger charge is -2.22. The van der Waals surface area contributed by atoms with E-state index in [9.17, 15) is 9.59 Å². The molecule has 2 aliphatic rings. The van der Waals surface area contributed by atoms with E-state index < -0.39 is 11.5 Å². The van der Waals surface area contributed by atoms with Crippen molar-refractivity contribution < 1.29 is 9.18 Å². The number of carbonyl (C=O) groups is 1. The van der Waals surface area contributed by atoms with Crippen LogP contribution in [-0.4, -0.2) is 44.6 Å². The van der Waals surface area contributed by atoms with E-state index in [1.807, 2.05) is 0 Å². The molecular weight excluding hydrogens is 409 g/mol. The second kappa shape index (κ2) is 7.84. The number of hydrogen-bond donors (Lipinski definition) is 1. The number of halogens is 1. The van der Waals surface area contributed by atoms with Gasteiger partial charge in [0.2, 0.25) is 0 Å². The summed E-state index contributed by atoms with van der Waals surface area (Å²) in [5, 5.41) is 15.6. The number of aromatic nitrogens is 3. The second-order valence-electron chi connectivity index (χ2n) is 8.66. The molecule has 162 valence electrons. The van der Waals surface area contributed by atoms with Gasteiger partial charge in [-0.1, -0.05) is 18.2 Å². The fourth-order valence-electron chi connectivity index (χ4n) is 4.62. The van der Waals surface area contributed by atoms with Gasteiger partial charge in [-0.25, -0.2) is 18.9 Å². The van der Waals surface area contributed by atoms with E-state index in [4.69, 9.17) is 5.26 Å². The van der Waals surface area contributed by atoms with Gasteiger partial charge < -0.3 is 4.79 Å². The Kier molecular flexibility index (Phi) is 4.98. The van der Waals surface area contributed by atoms with Crippen LogP contribution in [0.15, 0.2) is 47.3 Å². The molecule has 0 amide bonds. The van der Waals surface area contributed by atoms with Crippen LogP contribution in [0.1, 0.15) is 30.7 Å². The van der Waals surface area contributed by atoms with Crippen molar-refractivity contribution in [1.29, 1.82) is 5.26 Å². The van der Waals surface area contributed by atoms with Gasteiger partial charge in [-0.3, -0.25) is 4.90 Å². The second-order valence-corrected chi connectivity index (χ2v) is 8.66. The Hall–Kier alpha value is -3.57. The molecule has 1 saturated heterocycles. The Balaban J connectivity index is 1.39. The molecule has 7 nitrogen and oxygen atoms in total. The van der Waals surface area contributed by atoms with Crippen LogP contribution < -0.4 is 5.69 Å². The molecule has 1 saturated carbocycles. The minimum atomic E-state index is -0.525. The Morgan fingerprint density at radius 3 is 2.62 bits per heavy atom. The molecule has 2 fully saturated rings. The Morgan fingerprint density at radius 1 is 1.22 bits per heavy atom. The largest absolute Gasteiger partial charge is 0.348 e. The first kappa shape index (κ1) is 20.3. The van der Waals surface area contributed by atoms with Crippen molar-refractivity contribution in [2.24, 2.45) is 5.92 Å². The van der Waals surface area contributed by atoms with Gasteiger partial charge in [0.25, 0.3) is 0 Å². The van der Waals surface area contributed by atoms with Gasteiger partial charge in [0.1, 0.15) is 17.9 Å². The number of carbonyl (C=O) groups excluding carboxylic acids is 1. The van der Waals surface area contributed by atoms with E-state index in [0.29, 0.717) is 23.4 Å². The normalized spacial score (nSPS) is 19.6. The molecule has 1 aliphatic heterocycles. The Bertz CT molecular complexity index is 1270. The van der Waals surface area contributed by atoms with Gasteiger partial charge in [-0.15, -0.1) is 0 Å². The Labute approximate surface area is 184 Å². The number of rotatable bonds is 6. The maximum Gasteiger partial charge on any atom is 0.348 e. The molecule has 3 aromatic rings. The van der Waals surface area contributed by atoms with Crippen molar-refractivity contribution in [3.05, 3.63) is 70.2 Å². The monoisotopic (exact) mass is 431 g/mol. The third-order valence-electron chi connectivity index (χ3n) is 6.65. The molecule has 1 aliphatic carbocycles. The zero-order valence-electron chi connectivity index (χ0n) is 17.4. The number of benzene rings is 2. The number of hydrogen-bond acceptors (Lipinski definition) is 5. The van der Waals surface area contributed by atoms with Crippen molar-refractivity contribution in [2.45, 2.75) is 31.2 Å². The highest BCUT2D eigenvalue weighted by Crippen LogP contribution is 2.42. The van der Waals surface area contributed by atoms with Crippen molar-refractivity contribution in [3.63, 3.8) is 0 Å². The van der Waals surface area contributed by atoms with Gasteiger partial charge in [-0.05, 0) is 67.1 Å². The molecule has 2 aromatic carbocycles. The summed E-state index contributed by atoms with van der Waals surface area (Å²) in [6.07, 6.45) is 4.32. The topological polar surface area (TPSA) is 94.8 Å². The Morgan fingerprint density at radius 2 is 1.97 bits per heavy atom. The fraction of sp³-hybridized carbons (Fsp3) is 0.333. The highest BCUT2D eigenvalue weighted by Gasteiger charge is 2.50. The van der Waals surface area contributed by atoms with E-state index in [1.165, 1.54) is 10.6 Å². The third-order valence-corrected chi connectivity index (χ3v) is 6.65. The molecule has 0 bridgehead atoms. The van der Waals surface area contributed by atoms with Crippen LogP contribution in [0, 0.1) is 23.1 Å². The van der Waals surface area contributed by atoms with Gasteiger partial charge in [-0.2, -0.15) is 10.4 Å². The molecule has 1 N–H and O–H groups in total. The first-order chi connectivity index (χ1) is 15.5. The van der Waals surface area contributed by atoms with Crippen molar-refractivity contribution >= 4 is 6.29 Å². The molecule has 0 spiro atoms. The third kappa shape index (κ3) is 3.55. The number of aldehydes is 1. The molecule has 8 heteroatoms. The summed E-state index contributed by atoms with van der Waals surface area (Å²) in [7, 11) is 0. The van der Waals surface area contributed by atoms with Crippen molar-refractivity contribution in [3.8, 4) is 22.9 Å². The van der Waals surface area contributed by atoms with Gasteiger partial charge in [0.15, 0.2) is 0 Å². The molecular formula is C24H22FN5O2. The summed E-state index contributed by atoms with van der Waals surface area (Å²) in [6, 6.07) is 13.7.